The largest absolute Gasteiger partial charge is 0.488 e. The predicted octanol–water partition coefficient (Wildman–Crippen LogP) is 0.962. The number of phosphoric ester groups is 1. The van der Waals surface area contributed by atoms with Gasteiger partial charge in [0.25, 0.3) is 0 Å². The summed E-state index contributed by atoms with van der Waals surface area (Å²) in [5.74, 6) is 0.218. The van der Waals surface area contributed by atoms with E-state index >= 15 is 0 Å². The Bertz CT molecular complexity index is 1030. The number of rotatable bonds is 7. The van der Waals surface area contributed by atoms with Crippen LogP contribution >= 0.6 is 22.4 Å². The van der Waals surface area contributed by atoms with Gasteiger partial charge < -0.3 is 29.9 Å². The molecule has 0 aromatic carbocycles. The Kier molecular flexibility index (Phi) is 6.08. The fourth-order valence-electron chi connectivity index (χ4n) is 2.89. The fourth-order valence-corrected chi connectivity index (χ4v) is 6.88. The Morgan fingerprint density at radius 3 is 2.50 bits per heavy atom. The Labute approximate surface area is 162 Å². The summed E-state index contributed by atoms with van der Waals surface area (Å²) in [6.45, 7) is -4.60. The van der Waals surface area contributed by atoms with Crippen LogP contribution in [0.3, 0.4) is 0 Å². The molecular formula is C10H16N5O9P3S. The quantitative estimate of drug-likeness (QED) is 0.353. The maximum absolute atomic E-state index is 12.0. The maximum atomic E-state index is 12.0. The number of nitrogens with two attached hydrogens (primary N) is 1. The molecule has 4 atom stereocenters. The Morgan fingerprint density at radius 2 is 1.82 bits per heavy atom. The number of fused-ring (bicyclic) bond motifs is 1. The first-order valence-electron chi connectivity index (χ1n) is 7.60. The molecule has 0 aliphatic heterocycles. The lowest BCUT2D eigenvalue weighted by Crippen LogP contribution is -2.10. The van der Waals surface area contributed by atoms with Gasteiger partial charge in [-0.25, -0.2) is 28.4 Å². The zero-order chi connectivity index (χ0) is 20.7. The van der Waals surface area contributed by atoms with Crippen molar-refractivity contribution in [1.29, 1.82) is 0 Å². The van der Waals surface area contributed by atoms with Gasteiger partial charge in [0, 0.05) is 6.04 Å². The summed E-state index contributed by atoms with van der Waals surface area (Å²) in [6, 6.07) is -0.192. The van der Waals surface area contributed by atoms with Crippen LogP contribution in [0.5, 0.6) is 0 Å². The maximum Gasteiger partial charge on any atom is 0.488 e. The average Bonchev–Trinajstić information content (AvgIpc) is 3.09. The first-order chi connectivity index (χ1) is 12.9. The van der Waals surface area contributed by atoms with E-state index in [2.05, 4.69) is 35.4 Å². The minimum Gasteiger partial charge on any atom is -0.382 e. The molecule has 2 heterocycles. The second kappa shape index (κ2) is 7.78. The SMILES string of the molecule is Nc1ncnc2c1ncn2[C@@H]1CC[C@@H](OP(=O)(O)OP(=O)(O)OP(O)(O)=S)C1. The van der Waals surface area contributed by atoms with Gasteiger partial charge in [0.05, 0.1) is 12.4 Å². The number of aromatic nitrogens is 4. The molecule has 1 saturated carbocycles. The number of nitrogens with zero attached hydrogens (tertiary/aromatic N) is 4. The van der Waals surface area contributed by atoms with Crippen molar-refractivity contribution in [2.75, 3.05) is 5.73 Å². The molecule has 0 saturated heterocycles. The van der Waals surface area contributed by atoms with Crippen molar-refractivity contribution >= 4 is 51.2 Å². The summed E-state index contributed by atoms with van der Waals surface area (Å²) in [7, 11) is -10.4. The highest BCUT2D eigenvalue weighted by atomic mass is 32.5. The molecule has 28 heavy (non-hydrogen) atoms. The van der Waals surface area contributed by atoms with Crippen molar-refractivity contribution in [2.24, 2.45) is 0 Å². The summed E-state index contributed by atoms with van der Waals surface area (Å²) in [5.41, 5.74) is 6.65. The summed E-state index contributed by atoms with van der Waals surface area (Å²) < 4.78 is 38.1. The first kappa shape index (κ1) is 21.9. The molecule has 0 spiro atoms. The van der Waals surface area contributed by atoms with Crippen LogP contribution in [0.15, 0.2) is 12.7 Å². The standard InChI is InChI=1S/C10H16N5O9P3S/c11-9-8-10(13-4-12-9)15(5-14-8)6-1-2-7(3-6)22-25(16,17)23-26(18,19)24-27(20,21)28/h4-7H,1-3H2,(H,16,17)(H,18,19)(H2,11,12,13)(H2,20,21,28)/t6-,7-/m1/s1. The molecule has 0 amide bonds. The summed E-state index contributed by atoms with van der Waals surface area (Å²) in [4.78, 5) is 48.9. The molecule has 6 N–H and O–H groups in total. The van der Waals surface area contributed by atoms with Crippen molar-refractivity contribution in [3.8, 4) is 0 Å². The number of phosphoric acid groups is 2. The van der Waals surface area contributed by atoms with E-state index in [-0.39, 0.29) is 18.3 Å². The predicted molar refractivity (Wildman–Crippen MR) is 98.0 cm³/mol. The summed E-state index contributed by atoms with van der Waals surface area (Å²) in [6.07, 6.45) is 3.11. The molecule has 14 nitrogen and oxygen atoms in total. The van der Waals surface area contributed by atoms with Gasteiger partial charge in [-0.3, -0.25) is 4.52 Å². The van der Waals surface area contributed by atoms with Crippen LogP contribution < -0.4 is 5.73 Å². The van der Waals surface area contributed by atoms with Crippen LogP contribution in [0.4, 0.5) is 5.82 Å². The van der Waals surface area contributed by atoms with Crippen LogP contribution in [0.2, 0.25) is 0 Å². The molecule has 2 aromatic rings. The third-order valence-electron chi connectivity index (χ3n) is 3.84. The Balaban J connectivity index is 1.67. The van der Waals surface area contributed by atoms with Crippen LogP contribution in [0.25, 0.3) is 11.2 Å². The molecular weight excluding hydrogens is 459 g/mol. The molecule has 1 fully saturated rings. The monoisotopic (exact) mass is 475 g/mol. The molecule has 1 aliphatic rings. The minimum absolute atomic E-state index is 0.192. The van der Waals surface area contributed by atoms with Gasteiger partial charge in [-0.2, -0.15) is 4.31 Å². The zero-order valence-corrected chi connectivity index (χ0v) is 17.4. The van der Waals surface area contributed by atoms with Crippen LogP contribution in [0.1, 0.15) is 25.3 Å². The Morgan fingerprint density at radius 1 is 1.11 bits per heavy atom. The van der Waals surface area contributed by atoms with E-state index < -0.39 is 28.5 Å². The average molecular weight is 475 g/mol. The first-order valence-corrected chi connectivity index (χ1v) is 13.2. The highest BCUT2D eigenvalue weighted by molar-refractivity contribution is 8.08. The van der Waals surface area contributed by atoms with Gasteiger partial charge in [-0.1, -0.05) is 0 Å². The second-order valence-electron chi connectivity index (χ2n) is 5.87. The molecule has 18 heteroatoms. The van der Waals surface area contributed by atoms with Gasteiger partial charge in [0.15, 0.2) is 11.5 Å². The normalized spacial score (nSPS) is 24.9. The van der Waals surface area contributed by atoms with E-state index in [1.165, 1.54) is 12.7 Å². The summed E-state index contributed by atoms with van der Waals surface area (Å²) >= 11 is 4.02. The number of nitrogen functional groups attached to an aromatic ring is 1. The van der Waals surface area contributed by atoms with E-state index in [0.717, 1.165) is 0 Å². The molecule has 2 unspecified atom stereocenters. The van der Waals surface area contributed by atoms with Gasteiger partial charge in [0.2, 0.25) is 0 Å². The summed E-state index contributed by atoms with van der Waals surface area (Å²) in [5, 5.41) is 0. The topological polar surface area (TPSA) is 212 Å². The fraction of sp³-hybridized carbons (Fsp3) is 0.500. The van der Waals surface area contributed by atoms with E-state index in [1.807, 2.05) is 0 Å². The third-order valence-corrected chi connectivity index (χ3v) is 8.33. The van der Waals surface area contributed by atoms with Crippen LogP contribution in [-0.2, 0) is 34.1 Å². The number of hydrogen-bond donors (Lipinski definition) is 5. The van der Waals surface area contributed by atoms with Gasteiger partial charge in [0.1, 0.15) is 11.8 Å². The lowest BCUT2D eigenvalue weighted by Gasteiger charge is -2.20. The lowest BCUT2D eigenvalue weighted by molar-refractivity contribution is 0.128. The second-order valence-corrected chi connectivity index (χ2v) is 11.7. The lowest BCUT2D eigenvalue weighted by atomic mass is 10.2. The zero-order valence-electron chi connectivity index (χ0n) is 13.9. The minimum atomic E-state index is -5.33. The third kappa shape index (κ3) is 5.41. The molecule has 0 bridgehead atoms. The highest BCUT2D eigenvalue weighted by Gasteiger charge is 2.42. The molecule has 0 radical (unpaired) electrons. The Hall–Kier alpha value is -0.820. The highest BCUT2D eigenvalue weighted by Crippen LogP contribution is 2.67. The number of imidazole rings is 1. The molecule has 1 aliphatic carbocycles. The smallest absolute Gasteiger partial charge is 0.382 e. The molecule has 3 rings (SSSR count). The van der Waals surface area contributed by atoms with E-state index in [1.54, 1.807) is 4.57 Å². The number of hydrogen-bond acceptors (Lipinski definition) is 10. The van der Waals surface area contributed by atoms with E-state index in [9.17, 15) is 18.9 Å². The van der Waals surface area contributed by atoms with Crippen molar-refractivity contribution in [1.82, 2.24) is 19.5 Å². The van der Waals surface area contributed by atoms with Gasteiger partial charge in [-0.05, 0) is 31.1 Å². The van der Waals surface area contributed by atoms with Crippen molar-refractivity contribution in [3.63, 3.8) is 0 Å². The molecule has 156 valence electrons. The van der Waals surface area contributed by atoms with Crippen molar-refractivity contribution < 1.29 is 41.8 Å². The molecule has 2 aromatic heterocycles. The van der Waals surface area contributed by atoms with Gasteiger partial charge >= 0.3 is 22.4 Å². The van der Waals surface area contributed by atoms with E-state index in [4.69, 9.17) is 20.0 Å². The number of anilines is 1. The van der Waals surface area contributed by atoms with Crippen LogP contribution in [0, 0.1) is 0 Å². The van der Waals surface area contributed by atoms with Crippen molar-refractivity contribution in [3.05, 3.63) is 12.7 Å². The van der Waals surface area contributed by atoms with Crippen LogP contribution in [-0.4, -0.2) is 45.2 Å². The van der Waals surface area contributed by atoms with Gasteiger partial charge in [-0.15, -0.1) is 0 Å². The van der Waals surface area contributed by atoms with E-state index in [0.29, 0.717) is 24.0 Å². The van der Waals surface area contributed by atoms with Crippen molar-refractivity contribution in [2.45, 2.75) is 31.4 Å².